The smallest absolute Gasteiger partial charge is 0.185 e. The molecule has 1 fully saturated rings. The number of rotatable bonds is 9. The van der Waals surface area contributed by atoms with Crippen molar-refractivity contribution >= 4 is 17.3 Å². The highest BCUT2D eigenvalue weighted by molar-refractivity contribution is 6.27. The summed E-state index contributed by atoms with van der Waals surface area (Å²) < 4.78 is 0. The van der Waals surface area contributed by atoms with Gasteiger partial charge >= 0.3 is 0 Å². The van der Waals surface area contributed by atoms with E-state index >= 15 is 0 Å². The average molecular weight is 354 g/mol. The van der Waals surface area contributed by atoms with E-state index in [2.05, 4.69) is 0 Å². The molecule has 1 saturated carbocycles. The lowest BCUT2D eigenvalue weighted by molar-refractivity contribution is -0.158. The summed E-state index contributed by atoms with van der Waals surface area (Å²) in [5, 5.41) is 21.7. The molecule has 2 N–H and O–H groups in total. The summed E-state index contributed by atoms with van der Waals surface area (Å²) in [6.07, 6.45) is 0.483. The SMILES string of the molecule is CC(C)CCC1C(=O)C(C(=O)C(C)C)C(=O)[C@]1(O)[C@H](O)CCC(C)C. The third-order valence-corrected chi connectivity index (χ3v) is 5.23. The van der Waals surface area contributed by atoms with Crippen LogP contribution in [0.5, 0.6) is 0 Å². The zero-order valence-corrected chi connectivity index (χ0v) is 16.4. The Morgan fingerprint density at radius 3 is 1.96 bits per heavy atom. The molecule has 1 aliphatic rings. The first-order valence-corrected chi connectivity index (χ1v) is 9.46. The zero-order chi connectivity index (χ0) is 19.5. The molecule has 144 valence electrons. The fourth-order valence-electron chi connectivity index (χ4n) is 3.52. The molecule has 5 heteroatoms. The number of ketones is 3. The van der Waals surface area contributed by atoms with Crippen LogP contribution >= 0.6 is 0 Å². The topological polar surface area (TPSA) is 91.7 Å². The highest BCUT2D eigenvalue weighted by Crippen LogP contribution is 2.42. The van der Waals surface area contributed by atoms with Gasteiger partial charge in [-0.15, -0.1) is 0 Å². The lowest BCUT2D eigenvalue weighted by atomic mass is 9.78. The maximum atomic E-state index is 12.9. The fraction of sp³-hybridized carbons (Fsp3) is 0.850. The second-order valence-corrected chi connectivity index (χ2v) is 8.59. The number of aliphatic hydroxyl groups excluding tert-OH is 1. The molecule has 1 aliphatic carbocycles. The Labute approximate surface area is 151 Å². The Kier molecular flexibility index (Phi) is 7.51. The van der Waals surface area contributed by atoms with Crippen LogP contribution in [0.1, 0.15) is 67.2 Å². The van der Waals surface area contributed by atoms with Crippen molar-refractivity contribution in [2.45, 2.75) is 78.9 Å². The number of aliphatic hydroxyl groups is 2. The van der Waals surface area contributed by atoms with Gasteiger partial charge in [0.05, 0.1) is 12.0 Å². The van der Waals surface area contributed by atoms with Crippen LogP contribution in [0, 0.1) is 29.6 Å². The summed E-state index contributed by atoms with van der Waals surface area (Å²) in [4.78, 5) is 38.1. The molecule has 4 atom stereocenters. The number of carbonyl (C=O) groups is 3. The van der Waals surface area contributed by atoms with E-state index in [1.54, 1.807) is 13.8 Å². The van der Waals surface area contributed by atoms with Crippen molar-refractivity contribution in [1.29, 1.82) is 0 Å². The molecule has 0 spiro atoms. The van der Waals surface area contributed by atoms with Crippen molar-refractivity contribution in [3.05, 3.63) is 0 Å². The van der Waals surface area contributed by atoms with Crippen molar-refractivity contribution in [3.63, 3.8) is 0 Å². The van der Waals surface area contributed by atoms with E-state index in [0.29, 0.717) is 31.1 Å². The number of Topliss-reactive ketones (excluding diaryl/α,β-unsaturated/α-hetero) is 3. The molecule has 0 bridgehead atoms. The Hall–Kier alpha value is -1.07. The number of carbonyl (C=O) groups excluding carboxylic acids is 3. The van der Waals surface area contributed by atoms with Crippen molar-refractivity contribution in [2.75, 3.05) is 0 Å². The molecule has 25 heavy (non-hydrogen) atoms. The van der Waals surface area contributed by atoms with Gasteiger partial charge in [-0.05, 0) is 31.1 Å². The molecular weight excluding hydrogens is 320 g/mol. The Morgan fingerprint density at radius 2 is 1.52 bits per heavy atom. The van der Waals surface area contributed by atoms with Gasteiger partial charge in [0.2, 0.25) is 0 Å². The average Bonchev–Trinajstić information content (AvgIpc) is 2.69. The van der Waals surface area contributed by atoms with Gasteiger partial charge in [-0.2, -0.15) is 0 Å². The molecular formula is C20H34O5. The molecule has 0 saturated heterocycles. The lowest BCUT2D eigenvalue weighted by Crippen LogP contribution is -2.52. The summed E-state index contributed by atoms with van der Waals surface area (Å²) in [7, 11) is 0. The van der Waals surface area contributed by atoms with Gasteiger partial charge in [0, 0.05) is 5.92 Å². The van der Waals surface area contributed by atoms with Gasteiger partial charge in [0.25, 0.3) is 0 Å². The minimum absolute atomic E-state index is 0.230. The largest absolute Gasteiger partial charge is 0.390 e. The van der Waals surface area contributed by atoms with E-state index in [1.807, 2.05) is 27.7 Å². The van der Waals surface area contributed by atoms with Crippen LogP contribution in [-0.2, 0) is 14.4 Å². The van der Waals surface area contributed by atoms with Crippen LogP contribution < -0.4 is 0 Å². The monoisotopic (exact) mass is 354 g/mol. The molecule has 0 aromatic carbocycles. The van der Waals surface area contributed by atoms with E-state index in [-0.39, 0.29) is 6.42 Å². The maximum absolute atomic E-state index is 12.9. The summed E-state index contributed by atoms with van der Waals surface area (Å²) in [5.74, 6) is -4.10. The molecule has 2 unspecified atom stereocenters. The fourth-order valence-corrected chi connectivity index (χ4v) is 3.52. The predicted octanol–water partition coefficient (Wildman–Crippen LogP) is 2.56. The van der Waals surface area contributed by atoms with E-state index in [1.165, 1.54) is 0 Å². The second-order valence-electron chi connectivity index (χ2n) is 8.59. The number of hydrogen-bond acceptors (Lipinski definition) is 5. The first kappa shape index (κ1) is 22.0. The summed E-state index contributed by atoms with van der Waals surface area (Å²) in [6, 6.07) is 0. The van der Waals surface area contributed by atoms with Crippen molar-refractivity contribution in [2.24, 2.45) is 29.6 Å². The van der Waals surface area contributed by atoms with Gasteiger partial charge in [-0.1, -0.05) is 48.0 Å². The molecule has 0 heterocycles. The molecule has 5 nitrogen and oxygen atoms in total. The molecule has 1 rings (SSSR count). The van der Waals surface area contributed by atoms with Crippen LogP contribution in [0.25, 0.3) is 0 Å². The first-order chi connectivity index (χ1) is 11.4. The summed E-state index contributed by atoms with van der Waals surface area (Å²) in [6.45, 7) is 11.2. The zero-order valence-electron chi connectivity index (χ0n) is 16.4. The Morgan fingerprint density at radius 1 is 1.00 bits per heavy atom. The third-order valence-electron chi connectivity index (χ3n) is 5.23. The minimum Gasteiger partial charge on any atom is -0.390 e. The van der Waals surface area contributed by atoms with Crippen molar-refractivity contribution in [3.8, 4) is 0 Å². The number of hydrogen-bond donors (Lipinski definition) is 2. The van der Waals surface area contributed by atoms with Gasteiger partial charge in [-0.25, -0.2) is 0 Å². The second kappa shape index (κ2) is 8.54. The van der Waals surface area contributed by atoms with Gasteiger partial charge in [0.15, 0.2) is 23.0 Å². The highest BCUT2D eigenvalue weighted by atomic mass is 16.4. The third kappa shape index (κ3) is 4.56. The van der Waals surface area contributed by atoms with Crippen molar-refractivity contribution < 1.29 is 24.6 Å². The molecule has 0 aliphatic heterocycles. The standard InChI is InChI=1S/C20H34O5/c1-11(2)7-9-14-18(23)16(17(22)13(5)6)19(24)20(14,25)15(21)10-8-12(3)4/h11-16,21,25H,7-10H2,1-6H3/t14?,15-,16?,20-/m1/s1. The van der Waals surface area contributed by atoms with Crippen LogP contribution in [0.4, 0.5) is 0 Å². The Bertz CT molecular complexity index is 508. The van der Waals surface area contributed by atoms with Crippen LogP contribution in [0.15, 0.2) is 0 Å². The highest BCUT2D eigenvalue weighted by Gasteiger charge is 2.64. The van der Waals surface area contributed by atoms with Gasteiger partial charge in [-0.3, -0.25) is 14.4 Å². The van der Waals surface area contributed by atoms with E-state index in [9.17, 15) is 24.6 Å². The normalized spacial score (nSPS) is 28.4. The summed E-state index contributed by atoms with van der Waals surface area (Å²) >= 11 is 0. The molecule has 0 aromatic heterocycles. The lowest BCUT2D eigenvalue weighted by Gasteiger charge is -2.33. The van der Waals surface area contributed by atoms with E-state index in [4.69, 9.17) is 0 Å². The van der Waals surface area contributed by atoms with Gasteiger partial charge in [0.1, 0.15) is 5.92 Å². The quantitative estimate of drug-likeness (QED) is 0.621. The van der Waals surface area contributed by atoms with Crippen LogP contribution in [0.2, 0.25) is 0 Å². The van der Waals surface area contributed by atoms with E-state index < -0.39 is 46.8 Å². The molecule has 0 amide bonds. The minimum atomic E-state index is -2.14. The Balaban J connectivity index is 3.20. The predicted molar refractivity (Wildman–Crippen MR) is 95.9 cm³/mol. The summed E-state index contributed by atoms with van der Waals surface area (Å²) in [5.41, 5.74) is -2.14. The molecule has 0 aromatic rings. The van der Waals surface area contributed by atoms with Crippen LogP contribution in [0.3, 0.4) is 0 Å². The van der Waals surface area contributed by atoms with Gasteiger partial charge < -0.3 is 10.2 Å². The maximum Gasteiger partial charge on any atom is 0.185 e. The van der Waals surface area contributed by atoms with E-state index in [0.717, 1.165) is 0 Å². The molecule has 0 radical (unpaired) electrons. The first-order valence-electron chi connectivity index (χ1n) is 9.46. The van der Waals surface area contributed by atoms with Crippen molar-refractivity contribution in [1.82, 2.24) is 0 Å². The van der Waals surface area contributed by atoms with Crippen LogP contribution in [-0.4, -0.2) is 39.3 Å².